The van der Waals surface area contributed by atoms with Crippen LogP contribution in [0.1, 0.15) is 42.3 Å². The molecule has 0 aliphatic carbocycles. The van der Waals surface area contributed by atoms with Crippen LogP contribution in [0.25, 0.3) is 0 Å². The maximum absolute atomic E-state index is 12.7. The zero-order valence-electron chi connectivity index (χ0n) is 17.7. The molecule has 1 atom stereocenters. The second kappa shape index (κ2) is 10.5. The summed E-state index contributed by atoms with van der Waals surface area (Å²) >= 11 is 0. The fraction of sp³-hybridized carbons (Fsp3) is 0.391. The van der Waals surface area contributed by atoms with Crippen LogP contribution in [0, 0.1) is 5.92 Å². The third-order valence-electron chi connectivity index (χ3n) is 4.34. The molecule has 0 aliphatic rings. The molecular weight excluding hydrogens is 370 g/mol. The molecule has 0 saturated carbocycles. The van der Waals surface area contributed by atoms with Crippen molar-refractivity contribution in [3.05, 3.63) is 59.7 Å². The van der Waals surface area contributed by atoms with E-state index in [2.05, 4.69) is 13.8 Å². The monoisotopic (exact) mass is 399 g/mol. The zero-order valence-corrected chi connectivity index (χ0v) is 17.7. The van der Waals surface area contributed by atoms with Crippen molar-refractivity contribution in [2.75, 3.05) is 27.8 Å². The number of benzene rings is 2. The number of methoxy groups -OCH3 is 1. The van der Waals surface area contributed by atoms with E-state index in [4.69, 9.17) is 14.2 Å². The summed E-state index contributed by atoms with van der Waals surface area (Å²) in [7, 11) is 4.76. The van der Waals surface area contributed by atoms with Gasteiger partial charge in [-0.2, -0.15) is 0 Å². The van der Waals surface area contributed by atoms with E-state index in [1.165, 1.54) is 12.0 Å². The Hall–Kier alpha value is -3.02. The summed E-state index contributed by atoms with van der Waals surface area (Å²) in [6, 6.07) is 13.8. The molecule has 2 aromatic rings. The molecule has 0 aromatic heterocycles. The van der Waals surface area contributed by atoms with Crippen molar-refractivity contribution in [1.82, 2.24) is 4.90 Å². The number of hydrogen-bond donors (Lipinski definition) is 0. The Morgan fingerprint density at radius 3 is 2.28 bits per heavy atom. The Bertz CT molecular complexity index is 817. The first-order chi connectivity index (χ1) is 13.8. The fourth-order valence-corrected chi connectivity index (χ4v) is 2.62. The summed E-state index contributed by atoms with van der Waals surface area (Å²) in [5.41, 5.74) is 0.894. The van der Waals surface area contributed by atoms with Crippen LogP contribution in [0.4, 0.5) is 0 Å². The van der Waals surface area contributed by atoms with Crippen molar-refractivity contribution in [3.63, 3.8) is 0 Å². The average molecular weight is 399 g/mol. The Labute approximate surface area is 172 Å². The number of likely N-dealkylation sites (N-methyl/N-ethyl adjacent to an activating group) is 1. The lowest BCUT2D eigenvalue weighted by Gasteiger charge is -2.21. The van der Waals surface area contributed by atoms with Gasteiger partial charge >= 0.3 is 5.97 Å². The largest absolute Gasteiger partial charge is 0.493 e. The van der Waals surface area contributed by atoms with Crippen molar-refractivity contribution in [2.45, 2.75) is 26.4 Å². The van der Waals surface area contributed by atoms with Crippen LogP contribution < -0.4 is 9.47 Å². The summed E-state index contributed by atoms with van der Waals surface area (Å²) in [5, 5.41) is 0. The lowest BCUT2D eigenvalue weighted by molar-refractivity contribution is -0.138. The maximum Gasteiger partial charge on any atom is 0.339 e. The molecule has 0 heterocycles. The van der Waals surface area contributed by atoms with Crippen LogP contribution >= 0.6 is 0 Å². The number of carbonyl (C=O) groups is 2. The highest BCUT2D eigenvalue weighted by Crippen LogP contribution is 2.30. The minimum Gasteiger partial charge on any atom is -0.493 e. The van der Waals surface area contributed by atoms with Gasteiger partial charge in [0.1, 0.15) is 0 Å². The molecule has 6 heteroatoms. The van der Waals surface area contributed by atoms with E-state index >= 15 is 0 Å². The van der Waals surface area contributed by atoms with Gasteiger partial charge in [-0.25, -0.2) is 4.79 Å². The molecule has 0 spiro atoms. The minimum absolute atomic E-state index is 0.283. The highest BCUT2D eigenvalue weighted by molar-refractivity contribution is 5.93. The van der Waals surface area contributed by atoms with E-state index in [1.807, 2.05) is 6.07 Å². The summed E-state index contributed by atoms with van der Waals surface area (Å²) < 4.78 is 16.7. The molecule has 2 aromatic carbocycles. The maximum atomic E-state index is 12.7. The number of amides is 1. The Kier molecular flexibility index (Phi) is 8.07. The molecule has 6 nitrogen and oxygen atoms in total. The smallest absolute Gasteiger partial charge is 0.339 e. The second-order valence-corrected chi connectivity index (χ2v) is 7.33. The number of hydrogen-bond acceptors (Lipinski definition) is 5. The molecule has 0 bridgehead atoms. The number of rotatable bonds is 9. The Balaban J connectivity index is 2.20. The van der Waals surface area contributed by atoms with E-state index in [-0.39, 0.29) is 11.5 Å². The quantitative estimate of drug-likeness (QED) is 0.594. The van der Waals surface area contributed by atoms with Crippen LogP contribution in [-0.2, 0) is 9.53 Å². The second-order valence-electron chi connectivity index (χ2n) is 7.33. The van der Waals surface area contributed by atoms with Crippen LogP contribution in [-0.4, -0.2) is 44.6 Å². The van der Waals surface area contributed by atoms with Crippen molar-refractivity contribution in [1.29, 1.82) is 0 Å². The molecule has 1 amide bonds. The van der Waals surface area contributed by atoms with E-state index in [0.717, 1.165) is 6.42 Å². The van der Waals surface area contributed by atoms with Gasteiger partial charge in [0.25, 0.3) is 5.91 Å². The van der Waals surface area contributed by atoms with Crippen molar-refractivity contribution < 1.29 is 23.8 Å². The molecule has 0 fully saturated rings. The predicted octanol–water partition coefficient (Wildman–Crippen LogP) is 4.11. The molecule has 0 N–H and O–H groups in total. The van der Waals surface area contributed by atoms with Gasteiger partial charge in [0.05, 0.1) is 19.3 Å². The first-order valence-corrected chi connectivity index (χ1v) is 9.61. The minimum atomic E-state index is -1.02. The van der Waals surface area contributed by atoms with Gasteiger partial charge in [-0.1, -0.05) is 44.2 Å². The van der Waals surface area contributed by atoms with Gasteiger partial charge in [-0.3, -0.25) is 4.79 Å². The van der Waals surface area contributed by atoms with Crippen molar-refractivity contribution in [2.24, 2.45) is 5.92 Å². The number of nitrogens with zero attached hydrogens (tertiary/aromatic N) is 1. The average Bonchev–Trinajstić information content (AvgIpc) is 2.71. The van der Waals surface area contributed by atoms with Crippen molar-refractivity contribution >= 4 is 11.9 Å². The molecule has 0 unspecified atom stereocenters. The molecule has 29 heavy (non-hydrogen) atoms. The van der Waals surface area contributed by atoms with Gasteiger partial charge in [0.15, 0.2) is 11.5 Å². The van der Waals surface area contributed by atoms with Gasteiger partial charge in [-0.05, 0) is 30.5 Å². The molecule has 2 rings (SSSR count). The molecule has 0 radical (unpaired) electrons. The first kappa shape index (κ1) is 22.3. The molecule has 156 valence electrons. The summed E-state index contributed by atoms with van der Waals surface area (Å²) in [5.74, 6) is 0.609. The van der Waals surface area contributed by atoms with Gasteiger partial charge in [-0.15, -0.1) is 0 Å². The highest BCUT2D eigenvalue weighted by Gasteiger charge is 2.27. The predicted molar refractivity (Wildman–Crippen MR) is 111 cm³/mol. The topological polar surface area (TPSA) is 65.1 Å². The number of ether oxygens (including phenoxy) is 3. The lowest BCUT2D eigenvalue weighted by atomic mass is 10.1. The van der Waals surface area contributed by atoms with Crippen molar-refractivity contribution in [3.8, 4) is 11.5 Å². The molecule has 0 saturated heterocycles. The van der Waals surface area contributed by atoms with E-state index in [1.54, 1.807) is 56.6 Å². The van der Waals surface area contributed by atoms with Crippen LogP contribution in [0.3, 0.4) is 0 Å². The Morgan fingerprint density at radius 1 is 1.00 bits per heavy atom. The normalized spacial score (nSPS) is 11.7. The molecular formula is C23H29NO5. The third kappa shape index (κ3) is 6.24. The standard InChI is InChI=1S/C23H29NO5/c1-16(2)13-14-28-19-12-11-18(15-20(19)27-5)23(26)29-21(22(25)24(3)4)17-9-7-6-8-10-17/h6-12,15-16,21H,13-14H2,1-5H3/t21-/m0/s1. The molecule has 0 aliphatic heterocycles. The van der Waals surface area contributed by atoms with E-state index < -0.39 is 12.1 Å². The first-order valence-electron chi connectivity index (χ1n) is 9.61. The highest BCUT2D eigenvalue weighted by atomic mass is 16.5. The Morgan fingerprint density at radius 2 is 1.69 bits per heavy atom. The number of carbonyl (C=O) groups excluding carboxylic acids is 2. The number of esters is 1. The SMILES string of the molecule is COc1cc(C(=O)O[C@H](C(=O)N(C)C)c2ccccc2)ccc1OCCC(C)C. The van der Waals surface area contributed by atoms with Gasteiger partial charge in [0.2, 0.25) is 6.10 Å². The lowest BCUT2D eigenvalue weighted by Crippen LogP contribution is -2.31. The van der Waals surface area contributed by atoms with E-state index in [9.17, 15) is 9.59 Å². The summed E-state index contributed by atoms with van der Waals surface area (Å²) in [6.45, 7) is 4.81. The van der Waals surface area contributed by atoms with E-state index in [0.29, 0.717) is 29.6 Å². The van der Waals surface area contributed by atoms with Crippen LogP contribution in [0.15, 0.2) is 48.5 Å². The zero-order chi connectivity index (χ0) is 21.4. The van der Waals surface area contributed by atoms with Gasteiger partial charge < -0.3 is 19.1 Å². The fourth-order valence-electron chi connectivity index (χ4n) is 2.62. The van der Waals surface area contributed by atoms with Crippen LogP contribution in [0.5, 0.6) is 11.5 Å². The van der Waals surface area contributed by atoms with Gasteiger partial charge in [0, 0.05) is 19.7 Å². The summed E-state index contributed by atoms with van der Waals surface area (Å²) in [4.78, 5) is 26.7. The summed E-state index contributed by atoms with van der Waals surface area (Å²) in [6.07, 6.45) is -0.107. The third-order valence-corrected chi connectivity index (χ3v) is 4.34. The van der Waals surface area contributed by atoms with Crippen LogP contribution in [0.2, 0.25) is 0 Å².